The van der Waals surface area contributed by atoms with Crippen molar-refractivity contribution in [3.63, 3.8) is 0 Å². The van der Waals surface area contributed by atoms with Crippen LogP contribution in [-0.2, 0) is 6.54 Å². The van der Waals surface area contributed by atoms with Gasteiger partial charge in [0.1, 0.15) is 0 Å². The summed E-state index contributed by atoms with van der Waals surface area (Å²) in [7, 11) is 0. The zero-order valence-electron chi connectivity index (χ0n) is 11.8. The highest BCUT2D eigenvalue weighted by atomic mass is 32.1. The first kappa shape index (κ1) is 13.1. The van der Waals surface area contributed by atoms with Gasteiger partial charge in [0.2, 0.25) is 0 Å². The van der Waals surface area contributed by atoms with Gasteiger partial charge in [-0.1, -0.05) is 61.6 Å². The molecule has 0 unspecified atom stereocenters. The molecule has 3 aromatic rings. The molecule has 0 aliphatic carbocycles. The molecule has 1 heterocycles. The fourth-order valence-electron chi connectivity index (χ4n) is 2.15. The van der Waals surface area contributed by atoms with E-state index in [1.54, 1.807) is 11.3 Å². The van der Waals surface area contributed by atoms with Crippen LogP contribution in [0.4, 0.5) is 5.13 Å². The number of hydrogen-bond donors (Lipinski definition) is 1. The highest BCUT2D eigenvalue weighted by Gasteiger charge is 2.03. The molecule has 1 aromatic heterocycles. The third-order valence-corrected chi connectivity index (χ3v) is 4.38. The minimum Gasteiger partial charge on any atom is -0.357 e. The minimum atomic E-state index is 0.585. The number of benzene rings is 2. The van der Waals surface area contributed by atoms with Crippen LogP contribution in [0, 0.1) is 0 Å². The highest BCUT2D eigenvalue weighted by molar-refractivity contribution is 7.22. The number of hydrogen-bond acceptors (Lipinski definition) is 3. The van der Waals surface area contributed by atoms with Crippen molar-refractivity contribution < 1.29 is 0 Å². The van der Waals surface area contributed by atoms with Crippen LogP contribution in [0.3, 0.4) is 0 Å². The van der Waals surface area contributed by atoms with E-state index in [4.69, 9.17) is 0 Å². The van der Waals surface area contributed by atoms with E-state index in [1.165, 1.54) is 15.8 Å². The molecule has 1 N–H and O–H groups in total. The van der Waals surface area contributed by atoms with Crippen LogP contribution in [0.5, 0.6) is 0 Å². The summed E-state index contributed by atoms with van der Waals surface area (Å²) in [5.41, 5.74) is 3.73. The van der Waals surface area contributed by atoms with Crippen LogP contribution >= 0.6 is 11.3 Å². The second kappa shape index (κ2) is 5.63. The van der Waals surface area contributed by atoms with Gasteiger partial charge in [-0.15, -0.1) is 0 Å². The van der Waals surface area contributed by atoms with Gasteiger partial charge in [0.25, 0.3) is 0 Å². The molecular weight excluding hydrogens is 264 g/mol. The van der Waals surface area contributed by atoms with Gasteiger partial charge in [-0.3, -0.25) is 0 Å². The first-order valence-electron chi connectivity index (χ1n) is 6.90. The number of para-hydroxylation sites is 1. The number of nitrogens with one attached hydrogen (secondary N) is 1. The molecule has 0 radical (unpaired) electrons. The molecule has 2 aromatic carbocycles. The van der Waals surface area contributed by atoms with Gasteiger partial charge in [-0.25, -0.2) is 4.98 Å². The van der Waals surface area contributed by atoms with Crippen LogP contribution in [0.15, 0.2) is 48.5 Å². The van der Waals surface area contributed by atoms with Crippen molar-refractivity contribution in [1.29, 1.82) is 0 Å². The summed E-state index contributed by atoms with van der Waals surface area (Å²) >= 11 is 1.70. The molecule has 3 rings (SSSR count). The van der Waals surface area contributed by atoms with Crippen molar-refractivity contribution in [2.45, 2.75) is 26.3 Å². The van der Waals surface area contributed by atoms with E-state index < -0.39 is 0 Å². The minimum absolute atomic E-state index is 0.585. The second-order valence-corrected chi connectivity index (χ2v) is 6.27. The predicted octanol–water partition coefficient (Wildman–Crippen LogP) is 5.03. The molecule has 0 spiro atoms. The standard InChI is InChI=1S/C17H18N2S/c1-12(2)14-9-7-13(8-10-14)11-18-17-19-15-5-3-4-6-16(15)20-17/h3-10,12H,11H2,1-2H3,(H,18,19). The number of aromatic nitrogens is 1. The van der Waals surface area contributed by atoms with Crippen LogP contribution in [0.1, 0.15) is 30.9 Å². The summed E-state index contributed by atoms with van der Waals surface area (Å²) in [5.74, 6) is 0.585. The van der Waals surface area contributed by atoms with Crippen LogP contribution in [0.2, 0.25) is 0 Å². The highest BCUT2D eigenvalue weighted by Crippen LogP contribution is 2.25. The quantitative estimate of drug-likeness (QED) is 0.725. The van der Waals surface area contributed by atoms with Crippen molar-refractivity contribution >= 4 is 26.7 Å². The van der Waals surface area contributed by atoms with Gasteiger partial charge in [0.15, 0.2) is 5.13 Å². The van der Waals surface area contributed by atoms with Crippen LogP contribution in [0.25, 0.3) is 10.2 Å². The molecule has 0 aliphatic heterocycles. The van der Waals surface area contributed by atoms with Gasteiger partial charge in [0, 0.05) is 6.54 Å². The lowest BCUT2D eigenvalue weighted by Gasteiger charge is -2.07. The Balaban J connectivity index is 1.69. The zero-order valence-corrected chi connectivity index (χ0v) is 12.6. The molecule has 0 aliphatic rings. The maximum Gasteiger partial charge on any atom is 0.184 e. The molecule has 0 atom stereocenters. The van der Waals surface area contributed by atoms with E-state index in [1.807, 2.05) is 6.07 Å². The molecule has 0 saturated heterocycles. The first-order chi connectivity index (χ1) is 9.72. The molecule has 0 fully saturated rings. The monoisotopic (exact) mass is 282 g/mol. The maximum atomic E-state index is 4.58. The summed E-state index contributed by atoms with van der Waals surface area (Å²) in [5, 5.41) is 4.39. The molecule has 0 amide bonds. The van der Waals surface area contributed by atoms with Crippen LogP contribution < -0.4 is 5.32 Å². The number of rotatable bonds is 4. The second-order valence-electron chi connectivity index (χ2n) is 5.24. The first-order valence-corrected chi connectivity index (χ1v) is 7.72. The zero-order chi connectivity index (χ0) is 13.9. The smallest absolute Gasteiger partial charge is 0.184 e. The van der Waals surface area contributed by atoms with E-state index >= 15 is 0 Å². The van der Waals surface area contributed by atoms with Gasteiger partial charge >= 0.3 is 0 Å². The molecule has 2 nitrogen and oxygen atoms in total. The van der Waals surface area contributed by atoms with Crippen molar-refractivity contribution in [1.82, 2.24) is 4.98 Å². The summed E-state index contributed by atoms with van der Waals surface area (Å²) in [6.45, 7) is 5.25. The molecule has 0 saturated carbocycles. The number of anilines is 1. The summed E-state index contributed by atoms with van der Waals surface area (Å²) in [4.78, 5) is 4.58. The van der Waals surface area contributed by atoms with Gasteiger partial charge in [0.05, 0.1) is 10.2 Å². The Bertz CT molecular complexity index is 665. The van der Waals surface area contributed by atoms with E-state index in [0.29, 0.717) is 5.92 Å². The van der Waals surface area contributed by atoms with Crippen LogP contribution in [-0.4, -0.2) is 4.98 Å². The fraction of sp³-hybridized carbons (Fsp3) is 0.235. The third-order valence-electron chi connectivity index (χ3n) is 3.38. The fourth-order valence-corrected chi connectivity index (χ4v) is 3.01. The molecule has 0 bridgehead atoms. The van der Waals surface area contributed by atoms with Gasteiger partial charge in [-0.2, -0.15) is 0 Å². The Kier molecular flexibility index (Phi) is 3.70. The number of thiazole rings is 1. The number of fused-ring (bicyclic) bond motifs is 1. The number of nitrogens with zero attached hydrogens (tertiary/aromatic N) is 1. The molecule has 102 valence electrons. The predicted molar refractivity (Wildman–Crippen MR) is 87.5 cm³/mol. The molecular formula is C17H18N2S. The lowest BCUT2D eigenvalue weighted by atomic mass is 10.0. The van der Waals surface area contributed by atoms with Gasteiger partial charge in [-0.05, 0) is 29.2 Å². The third kappa shape index (κ3) is 2.83. The normalized spacial score (nSPS) is 11.2. The Morgan fingerprint density at radius 3 is 2.50 bits per heavy atom. The van der Waals surface area contributed by atoms with E-state index in [2.05, 4.69) is 66.6 Å². The molecule has 3 heteroatoms. The van der Waals surface area contributed by atoms with E-state index in [-0.39, 0.29) is 0 Å². The van der Waals surface area contributed by atoms with Crippen molar-refractivity contribution in [2.75, 3.05) is 5.32 Å². The summed E-state index contributed by atoms with van der Waals surface area (Å²) in [6.07, 6.45) is 0. The van der Waals surface area contributed by atoms with Gasteiger partial charge < -0.3 is 5.32 Å². The Labute approximate surface area is 123 Å². The van der Waals surface area contributed by atoms with Crippen molar-refractivity contribution in [3.8, 4) is 0 Å². The average Bonchev–Trinajstić information content (AvgIpc) is 2.88. The maximum absolute atomic E-state index is 4.58. The average molecular weight is 282 g/mol. The van der Waals surface area contributed by atoms with E-state index in [9.17, 15) is 0 Å². The Morgan fingerprint density at radius 1 is 1.05 bits per heavy atom. The largest absolute Gasteiger partial charge is 0.357 e. The SMILES string of the molecule is CC(C)c1ccc(CNc2nc3ccccc3s2)cc1. The lowest BCUT2D eigenvalue weighted by Crippen LogP contribution is -1.99. The van der Waals surface area contributed by atoms with E-state index in [0.717, 1.165) is 17.2 Å². The summed E-state index contributed by atoms with van der Waals surface area (Å²) < 4.78 is 1.23. The Hall–Kier alpha value is -1.87. The topological polar surface area (TPSA) is 24.9 Å². The Morgan fingerprint density at radius 2 is 1.80 bits per heavy atom. The molecule has 20 heavy (non-hydrogen) atoms. The summed E-state index contributed by atoms with van der Waals surface area (Å²) in [6, 6.07) is 17.0. The van der Waals surface area contributed by atoms with Crippen molar-refractivity contribution in [2.24, 2.45) is 0 Å². The lowest BCUT2D eigenvalue weighted by molar-refractivity contribution is 0.865. The van der Waals surface area contributed by atoms with Crippen molar-refractivity contribution in [3.05, 3.63) is 59.7 Å².